The fourth-order valence-corrected chi connectivity index (χ4v) is 4.90. The van der Waals surface area contributed by atoms with Crippen molar-refractivity contribution < 1.29 is 23.9 Å². The molecule has 188 valence electrons. The number of fused-ring (bicyclic) bond motifs is 1. The number of hydrogen-bond donors (Lipinski definition) is 0. The van der Waals surface area contributed by atoms with Gasteiger partial charge in [-0.15, -0.1) is 0 Å². The molecule has 3 atom stereocenters. The molecule has 7 nitrogen and oxygen atoms in total. The third-order valence-electron chi connectivity index (χ3n) is 6.56. The zero-order chi connectivity index (χ0) is 26.5. The lowest BCUT2D eigenvalue weighted by atomic mass is 9.64. The number of amides is 1. The Labute approximate surface area is 220 Å². The molecule has 2 aliphatic rings. The molecule has 36 heavy (non-hydrogen) atoms. The first-order valence-electron chi connectivity index (χ1n) is 11.2. The molecule has 0 saturated heterocycles. The van der Waals surface area contributed by atoms with E-state index in [0.717, 1.165) is 11.9 Å². The van der Waals surface area contributed by atoms with Gasteiger partial charge in [0.15, 0.2) is 0 Å². The molecule has 1 amide bonds. The van der Waals surface area contributed by atoms with Crippen molar-refractivity contribution in [2.75, 3.05) is 27.3 Å². The number of nitriles is 1. The molecule has 0 bridgehead atoms. The normalized spacial score (nSPS) is 21.1. The van der Waals surface area contributed by atoms with Crippen LogP contribution in [-0.4, -0.2) is 50.4 Å². The average Bonchev–Trinajstić information content (AvgIpc) is 2.87. The van der Waals surface area contributed by atoms with E-state index in [-0.39, 0.29) is 30.8 Å². The number of carbonyl (C=O) groups excluding carboxylic acids is 3. The Morgan fingerprint density at radius 3 is 2.61 bits per heavy atom. The van der Waals surface area contributed by atoms with E-state index in [1.807, 2.05) is 31.2 Å². The number of allylic oxidation sites excluding steroid dienone is 7. The lowest BCUT2D eigenvalue weighted by Crippen LogP contribution is -2.49. The number of aldehydes is 1. The van der Waals surface area contributed by atoms with Gasteiger partial charge in [0.1, 0.15) is 30.6 Å². The topological polar surface area (TPSA) is 96.7 Å². The maximum Gasteiger partial charge on any atom is 0.325 e. The van der Waals surface area contributed by atoms with E-state index >= 15 is 0 Å². The van der Waals surface area contributed by atoms with E-state index in [4.69, 9.17) is 32.7 Å². The highest BCUT2D eigenvalue weighted by molar-refractivity contribution is 6.42. The fourth-order valence-electron chi connectivity index (χ4n) is 4.60. The van der Waals surface area contributed by atoms with Gasteiger partial charge < -0.3 is 19.2 Å². The first kappa shape index (κ1) is 27.3. The molecule has 2 aliphatic carbocycles. The molecule has 0 N–H and O–H groups in total. The lowest BCUT2D eigenvalue weighted by Gasteiger charge is -2.42. The fraction of sp³-hybridized carbons (Fsp3) is 0.333. The van der Waals surface area contributed by atoms with Gasteiger partial charge in [0.2, 0.25) is 5.91 Å². The van der Waals surface area contributed by atoms with Crippen LogP contribution >= 0.6 is 23.2 Å². The molecule has 0 saturated carbocycles. The minimum Gasteiger partial charge on any atom is -0.499 e. The van der Waals surface area contributed by atoms with Gasteiger partial charge in [-0.1, -0.05) is 60.5 Å². The number of benzene rings is 1. The lowest BCUT2D eigenvalue weighted by molar-refractivity contribution is -0.149. The van der Waals surface area contributed by atoms with Crippen molar-refractivity contribution in [3.63, 3.8) is 0 Å². The zero-order valence-corrected chi connectivity index (χ0v) is 21.7. The maximum absolute atomic E-state index is 14.2. The van der Waals surface area contributed by atoms with Crippen LogP contribution in [0.3, 0.4) is 0 Å². The molecule has 0 aromatic heterocycles. The minimum atomic E-state index is -0.923. The highest BCUT2D eigenvalue weighted by atomic mass is 35.5. The van der Waals surface area contributed by atoms with Gasteiger partial charge in [-0.25, -0.2) is 0 Å². The van der Waals surface area contributed by atoms with Crippen LogP contribution < -0.4 is 0 Å². The second-order valence-corrected chi connectivity index (χ2v) is 9.51. The Bertz CT molecular complexity index is 1230. The summed E-state index contributed by atoms with van der Waals surface area (Å²) < 4.78 is 10.4. The molecular weight excluding hydrogens is 503 g/mol. The van der Waals surface area contributed by atoms with Crippen molar-refractivity contribution in [3.8, 4) is 6.07 Å². The highest BCUT2D eigenvalue weighted by Gasteiger charge is 2.48. The molecule has 1 aromatic carbocycles. The summed E-state index contributed by atoms with van der Waals surface area (Å²) in [7, 11) is 2.64. The van der Waals surface area contributed by atoms with Crippen molar-refractivity contribution in [1.82, 2.24) is 4.90 Å². The molecule has 1 aromatic rings. The van der Waals surface area contributed by atoms with Crippen molar-refractivity contribution in [2.24, 2.45) is 11.3 Å². The van der Waals surface area contributed by atoms with Crippen LogP contribution in [0.25, 0.3) is 0 Å². The van der Waals surface area contributed by atoms with Crippen molar-refractivity contribution in [2.45, 2.75) is 19.3 Å². The molecule has 0 heterocycles. The molecule has 2 unspecified atom stereocenters. The van der Waals surface area contributed by atoms with Gasteiger partial charge in [0.05, 0.1) is 29.8 Å². The Kier molecular flexibility index (Phi) is 8.78. The van der Waals surface area contributed by atoms with Crippen LogP contribution in [0.1, 0.15) is 24.8 Å². The summed E-state index contributed by atoms with van der Waals surface area (Å²) in [6, 6.07) is 7.11. The van der Waals surface area contributed by atoms with Gasteiger partial charge >= 0.3 is 5.97 Å². The first-order chi connectivity index (χ1) is 17.2. The second kappa shape index (κ2) is 11.6. The third-order valence-corrected chi connectivity index (χ3v) is 7.30. The number of halogens is 2. The van der Waals surface area contributed by atoms with E-state index in [9.17, 15) is 19.6 Å². The molecule has 0 spiro atoms. The van der Waals surface area contributed by atoms with Crippen molar-refractivity contribution in [3.05, 3.63) is 81.1 Å². The number of carbonyl (C=O) groups is 3. The average molecular weight is 529 g/mol. The number of esters is 1. The van der Waals surface area contributed by atoms with Crippen LogP contribution in [0, 0.1) is 22.7 Å². The number of rotatable bonds is 9. The van der Waals surface area contributed by atoms with Crippen LogP contribution in [0.5, 0.6) is 0 Å². The molecule has 0 fully saturated rings. The summed E-state index contributed by atoms with van der Waals surface area (Å²) in [6.07, 6.45) is 9.93. The second-order valence-electron chi connectivity index (χ2n) is 8.70. The van der Waals surface area contributed by atoms with E-state index in [0.29, 0.717) is 15.6 Å². The Morgan fingerprint density at radius 1 is 1.25 bits per heavy atom. The molecular formula is C27H26Cl2N2O5. The van der Waals surface area contributed by atoms with Crippen LogP contribution in [0.15, 0.2) is 65.5 Å². The summed E-state index contributed by atoms with van der Waals surface area (Å²) >= 11 is 12.3. The Hall–Kier alpha value is -3.34. The molecule has 3 rings (SSSR count). The molecule has 0 radical (unpaired) electrons. The summed E-state index contributed by atoms with van der Waals surface area (Å²) in [5.74, 6) is -2.24. The van der Waals surface area contributed by atoms with Crippen molar-refractivity contribution >= 4 is 41.4 Å². The summed E-state index contributed by atoms with van der Waals surface area (Å²) in [6.45, 7) is 1.55. The van der Waals surface area contributed by atoms with Crippen LogP contribution in [0.4, 0.5) is 0 Å². The predicted molar refractivity (Wildman–Crippen MR) is 136 cm³/mol. The number of ether oxygens (including phenoxy) is 2. The summed E-state index contributed by atoms with van der Waals surface area (Å²) in [5.41, 5.74) is 0.869. The zero-order valence-electron chi connectivity index (χ0n) is 20.2. The Morgan fingerprint density at radius 2 is 2.00 bits per heavy atom. The largest absolute Gasteiger partial charge is 0.499 e. The van der Waals surface area contributed by atoms with E-state index < -0.39 is 29.1 Å². The van der Waals surface area contributed by atoms with Crippen molar-refractivity contribution in [1.29, 1.82) is 5.26 Å². The van der Waals surface area contributed by atoms with Gasteiger partial charge in [-0.3, -0.25) is 9.59 Å². The number of nitrogens with zero attached hydrogens (tertiary/aromatic N) is 2. The molecule has 9 heteroatoms. The van der Waals surface area contributed by atoms with Gasteiger partial charge in [0.25, 0.3) is 0 Å². The summed E-state index contributed by atoms with van der Waals surface area (Å²) in [5, 5.41) is 10.4. The maximum atomic E-state index is 14.2. The molecule has 0 aliphatic heterocycles. The van der Waals surface area contributed by atoms with Gasteiger partial charge in [-0.2, -0.15) is 5.26 Å². The van der Waals surface area contributed by atoms with Crippen LogP contribution in [0.2, 0.25) is 10.0 Å². The standard InChI is InChI=1S/C27H26Cl2N2O5/c1-27-10-5-4-6-20(27)12-19(14-30)25(36-3)24(27)26(34)31(16-23(33)35-2)15-18(9-11-32)17-7-8-21(28)22(29)13-17/h4-8,10-13,18,24H,9,15-16H2,1-3H3/t18-,24?,27?/m1/s1. The first-order valence-corrected chi connectivity index (χ1v) is 12.0. The highest BCUT2D eigenvalue weighted by Crippen LogP contribution is 2.49. The quantitative estimate of drug-likeness (QED) is 0.338. The number of hydrogen-bond acceptors (Lipinski definition) is 6. The smallest absolute Gasteiger partial charge is 0.325 e. The van der Waals surface area contributed by atoms with E-state index in [2.05, 4.69) is 6.07 Å². The van der Waals surface area contributed by atoms with Gasteiger partial charge in [0, 0.05) is 24.3 Å². The van der Waals surface area contributed by atoms with Crippen LogP contribution in [-0.2, 0) is 23.9 Å². The Balaban J connectivity index is 2.08. The van der Waals surface area contributed by atoms with E-state index in [1.165, 1.54) is 19.1 Å². The predicted octanol–water partition coefficient (Wildman–Crippen LogP) is 4.78. The third kappa shape index (κ3) is 5.40. The number of methoxy groups -OCH3 is 2. The summed E-state index contributed by atoms with van der Waals surface area (Å²) in [4.78, 5) is 39.5. The van der Waals surface area contributed by atoms with Gasteiger partial charge in [-0.05, 0) is 29.3 Å². The monoisotopic (exact) mass is 528 g/mol. The van der Waals surface area contributed by atoms with E-state index in [1.54, 1.807) is 24.3 Å². The SMILES string of the molecule is COC(=O)CN(C[C@@H](CC=O)c1ccc(Cl)c(Cl)c1)C(=O)C1C(OC)=C(C#N)C=C2C=CC=CC21C. The minimum absolute atomic E-state index is 0.0225.